The van der Waals surface area contributed by atoms with Gasteiger partial charge in [-0.25, -0.2) is 0 Å². The number of rotatable bonds is 33. The van der Waals surface area contributed by atoms with E-state index >= 15 is 0 Å². The van der Waals surface area contributed by atoms with Crippen LogP contribution in [0.15, 0.2) is 133 Å². The highest BCUT2D eigenvalue weighted by molar-refractivity contribution is 5.99. The molecule has 610 valence electrons. The Bertz CT molecular complexity index is 4080. The van der Waals surface area contributed by atoms with Crippen LogP contribution in [0.5, 0.6) is 11.5 Å². The molecule has 12 amide bonds. The normalized spacial score (nSPS) is 19.8. The third-order valence-corrected chi connectivity index (χ3v) is 20.1. The highest BCUT2D eigenvalue weighted by atomic mass is 16.3. The fourth-order valence-electron chi connectivity index (χ4n) is 13.8. The first-order chi connectivity index (χ1) is 54.8. The topological polar surface area (TPSA) is 496 Å². The average Bonchev–Trinajstić information content (AvgIpc) is 1.12. The second-order valence-corrected chi connectivity index (χ2v) is 28.9. The first kappa shape index (κ1) is 87.2. The van der Waals surface area contributed by atoms with Crippen LogP contribution in [0.3, 0.4) is 0 Å². The van der Waals surface area contributed by atoms with Gasteiger partial charge in [-0.3, -0.25) is 68.4 Å². The van der Waals surface area contributed by atoms with Gasteiger partial charge in [0.15, 0.2) is 11.9 Å². The number of hydrogen-bond acceptors (Lipinski definition) is 16. The highest BCUT2D eigenvalue weighted by Gasteiger charge is 2.38. The smallest absolute Gasteiger partial charge is 0.245 e. The summed E-state index contributed by atoms with van der Waals surface area (Å²) in [5.41, 5.74) is 13.6. The number of nitrogens with one attached hydrogen (secondary N) is 14. The number of benzene rings is 6. The van der Waals surface area contributed by atoms with Crippen molar-refractivity contribution in [1.29, 1.82) is 10.8 Å². The predicted molar refractivity (Wildman–Crippen MR) is 429 cm³/mol. The van der Waals surface area contributed by atoms with E-state index in [0.29, 0.717) is 47.9 Å². The second kappa shape index (κ2) is 44.6. The Morgan fingerprint density at radius 2 is 0.702 bits per heavy atom. The number of guanidine groups is 2. The molecule has 0 aliphatic carbocycles. The van der Waals surface area contributed by atoms with E-state index in [1.807, 2.05) is 84.9 Å². The minimum Gasteiger partial charge on any atom is -0.508 e. The molecule has 6 aromatic carbocycles. The van der Waals surface area contributed by atoms with Crippen molar-refractivity contribution in [2.24, 2.45) is 11.5 Å². The molecule has 2 heterocycles. The maximum absolute atomic E-state index is 14.7. The molecule has 20 N–H and O–H groups in total. The standard InChI is InChI=1S/C82H108N18O14/c1-99-67(77(111)95-61(21-13-41-89-81(83)84)75(109)97-63(47-53-27-33-55-17-9-11-19-57(55)43-53)73(107)91-49-71(105)93-65(79(99)113)45-51-29-35-59(101)36-30-51)23-15-39-87-69(103)25-7-5-3-4-6-8-26-70(104)88-40-16-24-68-78(112)96-62(22-14-42-90-82(85)86)76(110)98-64(48-54-28-34-56-18-10-12-20-58(56)44-54)74(108)92-50-72(106)94-66(80(114)100(68)2)46-52-31-37-60(102)38-32-52/h9-12,17-20,27-38,43-44,61-68,101-102H,3-8,13-16,21-26,39-42,45-50H2,1-2H3,(H,87,103)(H,88,104)(H,91,107)(H,92,108)(H,93,105)(H,94,106)(H,95,111)(H,96,112)(H,97,109)(H,98,110)(H4,83,84,89)(H4,85,86,90)/t61-,62-,63-,64-,65+,66+,67+,68?/m0/s1. The third-order valence-electron chi connectivity index (χ3n) is 20.1. The van der Waals surface area contributed by atoms with Crippen LogP contribution in [0.1, 0.15) is 125 Å². The molecule has 2 fully saturated rings. The minimum absolute atomic E-state index is 0.00251. The van der Waals surface area contributed by atoms with Gasteiger partial charge in [0.05, 0.1) is 13.1 Å². The number of aromatic hydroxyl groups is 2. The number of carbonyl (C=O) groups is 12. The molecule has 0 radical (unpaired) electrons. The predicted octanol–water partition coefficient (Wildman–Crippen LogP) is 1.94. The Morgan fingerprint density at radius 3 is 1.08 bits per heavy atom. The molecule has 114 heavy (non-hydrogen) atoms. The number of phenols is 2. The minimum atomic E-state index is -1.27. The van der Waals surface area contributed by atoms with E-state index in [1.54, 1.807) is 24.3 Å². The summed E-state index contributed by atoms with van der Waals surface area (Å²) in [4.78, 5) is 172. The summed E-state index contributed by atoms with van der Waals surface area (Å²) in [6, 6.07) is 28.5. The lowest BCUT2D eigenvalue weighted by molar-refractivity contribution is -0.142. The molecule has 1 unspecified atom stereocenters. The maximum atomic E-state index is 14.7. The summed E-state index contributed by atoms with van der Waals surface area (Å²) >= 11 is 0. The van der Waals surface area contributed by atoms with Crippen LogP contribution in [0.2, 0.25) is 0 Å². The van der Waals surface area contributed by atoms with E-state index in [1.165, 1.54) is 48.2 Å². The lowest BCUT2D eigenvalue weighted by Gasteiger charge is -2.32. The van der Waals surface area contributed by atoms with E-state index in [9.17, 15) is 67.7 Å². The van der Waals surface area contributed by atoms with Gasteiger partial charge in [0, 0.05) is 78.8 Å². The van der Waals surface area contributed by atoms with Crippen molar-refractivity contribution in [1.82, 2.24) is 73.6 Å². The van der Waals surface area contributed by atoms with Gasteiger partial charge in [-0.15, -0.1) is 0 Å². The number of hydrogen-bond donors (Lipinski definition) is 18. The summed E-state index contributed by atoms with van der Waals surface area (Å²) in [6.07, 6.45) is 5.26. The monoisotopic (exact) mass is 1570 g/mol. The highest BCUT2D eigenvalue weighted by Crippen LogP contribution is 2.23. The van der Waals surface area contributed by atoms with Gasteiger partial charge < -0.3 is 95.3 Å². The van der Waals surface area contributed by atoms with Crippen molar-refractivity contribution in [3.05, 3.63) is 156 Å². The zero-order valence-corrected chi connectivity index (χ0v) is 64.5. The molecule has 32 nitrogen and oxygen atoms in total. The van der Waals surface area contributed by atoms with Crippen LogP contribution in [0.25, 0.3) is 21.5 Å². The van der Waals surface area contributed by atoms with Gasteiger partial charge in [-0.05, 0) is 132 Å². The lowest BCUT2D eigenvalue weighted by atomic mass is 10.00. The summed E-state index contributed by atoms with van der Waals surface area (Å²) in [6.45, 7) is -0.588. The van der Waals surface area contributed by atoms with Crippen molar-refractivity contribution in [3.8, 4) is 11.5 Å². The number of nitrogens with zero attached hydrogens (tertiary/aromatic N) is 2. The number of amides is 12. The lowest BCUT2D eigenvalue weighted by Crippen LogP contribution is -2.58. The number of nitrogens with two attached hydrogens (primary N) is 2. The van der Waals surface area contributed by atoms with Crippen molar-refractivity contribution < 1.29 is 67.7 Å². The SMILES string of the molecule is CN1C(=O)[C@@H](Cc2ccc(O)cc2)NC(=O)CNC(=O)[C@H](Cc2ccc3ccccc3c2)NC(=O)[C@H](CCCNC(=N)N)NC(=O)C1CCCNC(=O)CCCCCCCCC(=O)NCCC[C@@H]1C(=O)N[C@@H](CCCNC(=N)N)C(=O)N[C@@H](Cc2ccc3ccccc3c2)C(=O)NCC(=O)N[C@H](Cc2ccc(O)cc2)C(=O)N1C. The Hall–Kier alpha value is -12.4. The van der Waals surface area contributed by atoms with E-state index in [4.69, 9.17) is 22.3 Å². The summed E-state index contributed by atoms with van der Waals surface area (Å²) in [5, 5.41) is 72.2. The molecular weight excluding hydrogens is 1460 g/mol. The van der Waals surface area contributed by atoms with Gasteiger partial charge in [0.25, 0.3) is 0 Å². The number of fused-ring (bicyclic) bond motifs is 2. The van der Waals surface area contributed by atoms with Crippen molar-refractivity contribution >= 4 is 104 Å². The van der Waals surface area contributed by atoms with E-state index in [-0.39, 0.29) is 151 Å². The quantitative estimate of drug-likeness (QED) is 0.0159. The molecule has 0 spiro atoms. The van der Waals surface area contributed by atoms with Crippen LogP contribution in [0.4, 0.5) is 0 Å². The van der Waals surface area contributed by atoms with Crippen LogP contribution >= 0.6 is 0 Å². The first-order valence-corrected chi connectivity index (χ1v) is 38.9. The van der Waals surface area contributed by atoms with Gasteiger partial charge in [-0.1, -0.05) is 135 Å². The van der Waals surface area contributed by atoms with Gasteiger partial charge >= 0.3 is 0 Å². The molecule has 6 aromatic rings. The number of carbonyl (C=O) groups excluding carboxylic acids is 12. The summed E-state index contributed by atoms with van der Waals surface area (Å²) < 4.78 is 0. The zero-order chi connectivity index (χ0) is 82.1. The summed E-state index contributed by atoms with van der Waals surface area (Å²) in [7, 11) is 2.81. The zero-order valence-electron chi connectivity index (χ0n) is 64.5. The number of unbranched alkanes of at least 4 members (excludes halogenated alkanes) is 5. The van der Waals surface area contributed by atoms with Crippen LogP contribution < -0.4 is 75.3 Å². The van der Waals surface area contributed by atoms with E-state index in [2.05, 4.69) is 63.8 Å². The Morgan fingerprint density at radius 1 is 0.377 bits per heavy atom. The fraction of sp³-hybridized carbons (Fsp3) is 0.439. The van der Waals surface area contributed by atoms with Crippen molar-refractivity contribution in [2.45, 2.75) is 177 Å². The number of likely N-dealkylation sites (N-methyl/N-ethyl adjacent to an activating group) is 2. The van der Waals surface area contributed by atoms with Gasteiger partial charge in [0.2, 0.25) is 70.9 Å². The average molecular weight is 1570 g/mol. The molecule has 32 heteroatoms. The van der Waals surface area contributed by atoms with E-state index in [0.717, 1.165) is 34.4 Å². The summed E-state index contributed by atoms with van der Waals surface area (Å²) in [5.74, 6) is -8.22. The van der Waals surface area contributed by atoms with Crippen molar-refractivity contribution in [3.63, 3.8) is 0 Å². The van der Waals surface area contributed by atoms with Crippen molar-refractivity contribution in [2.75, 3.05) is 53.4 Å². The Kier molecular flexibility index (Phi) is 34.1. The molecule has 0 aromatic heterocycles. The van der Waals surface area contributed by atoms with Gasteiger partial charge in [-0.2, -0.15) is 0 Å². The largest absolute Gasteiger partial charge is 0.508 e. The van der Waals surface area contributed by atoms with Crippen LogP contribution in [-0.2, 0) is 83.2 Å². The molecule has 0 saturated carbocycles. The first-order valence-electron chi connectivity index (χ1n) is 38.9. The molecule has 8 rings (SSSR count). The molecular formula is C82H108N18O14. The number of phenolic OH excluding ortho intramolecular Hbond substituents is 2. The maximum Gasteiger partial charge on any atom is 0.245 e. The Labute approximate surface area is 662 Å². The molecule has 8 atom stereocenters. The van der Waals surface area contributed by atoms with Crippen LogP contribution in [0, 0.1) is 10.8 Å². The molecule has 2 aliphatic heterocycles. The molecule has 2 aliphatic rings. The second-order valence-electron chi connectivity index (χ2n) is 28.9. The third kappa shape index (κ3) is 28.4. The molecule has 2 saturated heterocycles. The molecule has 0 bridgehead atoms. The van der Waals surface area contributed by atoms with Gasteiger partial charge in [0.1, 0.15) is 59.8 Å². The Balaban J connectivity index is 0.834. The van der Waals surface area contributed by atoms with E-state index < -0.39 is 120 Å². The fourth-order valence-corrected chi connectivity index (χ4v) is 13.8. The van der Waals surface area contributed by atoms with Crippen LogP contribution in [-0.4, -0.2) is 205 Å².